The van der Waals surface area contributed by atoms with E-state index in [0.29, 0.717) is 0 Å². The van der Waals surface area contributed by atoms with Gasteiger partial charge in [0.05, 0.1) is 6.85 Å². The second-order valence-electron chi connectivity index (χ2n) is 6.28. The zero-order chi connectivity index (χ0) is 24.5. The van der Waals surface area contributed by atoms with Crippen molar-refractivity contribution in [2.24, 2.45) is 5.92 Å². The molecule has 5 aliphatic rings. The SMILES string of the molecule is [2H]c1c([2H])c2c3c(c1[2H])C([2H])([2H])CC[C@@H]3C([2H])([2H])N([C@@H]1CN3CC[C@H]1C([2H])([2H])C3([2H])[2H])C2=O. The summed E-state index contributed by atoms with van der Waals surface area (Å²) in [6.07, 6.45) is -4.23. The molecule has 1 aromatic carbocycles. The molecule has 4 aliphatic heterocycles. The van der Waals surface area contributed by atoms with Crippen molar-refractivity contribution in [3.05, 3.63) is 34.8 Å². The molecule has 0 saturated carbocycles. The molecule has 3 fully saturated rings. The zero-order valence-electron chi connectivity index (χ0n) is 23.1. The Morgan fingerprint density at radius 2 is 2.27 bits per heavy atom. The van der Waals surface area contributed by atoms with Crippen LogP contribution in [0, 0.1) is 5.92 Å². The summed E-state index contributed by atoms with van der Waals surface area (Å²) in [7, 11) is 0. The van der Waals surface area contributed by atoms with Gasteiger partial charge in [0, 0.05) is 38.8 Å². The third-order valence-corrected chi connectivity index (χ3v) is 5.05. The van der Waals surface area contributed by atoms with E-state index in [4.69, 9.17) is 15.1 Å². The summed E-state index contributed by atoms with van der Waals surface area (Å²) < 4.78 is 92.8. The fourth-order valence-electron chi connectivity index (χ4n) is 3.92. The monoisotopic (exact) mass is 307 g/mol. The lowest BCUT2D eigenvalue weighted by atomic mass is 9.75. The van der Waals surface area contributed by atoms with Crippen LogP contribution in [0.3, 0.4) is 0 Å². The molecule has 0 N–H and O–H groups in total. The summed E-state index contributed by atoms with van der Waals surface area (Å²) in [6, 6.07) is -2.63. The standard InChI is InChI=1S/C19H24N2O/c22-19-16-6-2-4-14-3-1-5-15(18(14)16)11-21(19)17-12-20-9-7-13(17)8-10-20/h2,4,6,13,15,17H,1,3,5,7-12H2/t15-,17-/m1/s1/i2D,3D2,4D,6D,7D2,9D2,11D2/t13-,15-,17-. The predicted molar refractivity (Wildman–Crippen MR) is 86.1 cm³/mol. The summed E-state index contributed by atoms with van der Waals surface area (Å²) >= 11 is 0. The van der Waals surface area contributed by atoms with Gasteiger partial charge in [-0.15, -0.1) is 0 Å². The molecule has 1 unspecified atom stereocenters. The Bertz CT molecular complexity index is 1070. The Morgan fingerprint density at radius 1 is 1.32 bits per heavy atom. The number of amides is 1. The van der Waals surface area contributed by atoms with Crippen LogP contribution in [-0.2, 0) is 6.37 Å². The maximum Gasteiger partial charge on any atom is 0.254 e. The number of benzene rings is 1. The highest BCUT2D eigenvalue weighted by atomic mass is 16.2. The second kappa shape index (κ2) is 4.82. The van der Waals surface area contributed by atoms with E-state index < -0.39 is 67.7 Å². The molecule has 1 aliphatic carbocycles. The van der Waals surface area contributed by atoms with Gasteiger partial charge in [-0.05, 0) is 68.1 Å². The number of nitrogens with zero attached hydrogens (tertiary/aromatic N) is 2. The van der Waals surface area contributed by atoms with E-state index in [2.05, 4.69) is 0 Å². The van der Waals surface area contributed by atoms with Crippen molar-refractivity contribution in [2.75, 3.05) is 26.1 Å². The van der Waals surface area contributed by atoms with Crippen molar-refractivity contribution >= 4 is 5.91 Å². The van der Waals surface area contributed by atoms with Crippen LogP contribution < -0.4 is 0 Å². The molecule has 3 saturated heterocycles. The van der Waals surface area contributed by atoms with Gasteiger partial charge in [0.1, 0.15) is 0 Å². The highest BCUT2D eigenvalue weighted by Crippen LogP contribution is 2.41. The maximum absolute atomic E-state index is 13.8. The van der Waals surface area contributed by atoms with Gasteiger partial charge in [-0.25, -0.2) is 0 Å². The van der Waals surface area contributed by atoms with Crippen LogP contribution in [0.5, 0.6) is 0 Å². The number of hydrogen-bond acceptors (Lipinski definition) is 2. The number of fused-ring (bicyclic) bond motifs is 3. The van der Waals surface area contributed by atoms with Gasteiger partial charge >= 0.3 is 0 Å². The van der Waals surface area contributed by atoms with Crippen molar-refractivity contribution < 1.29 is 19.9 Å². The first-order chi connectivity index (χ1) is 15.1. The lowest BCUT2D eigenvalue weighted by molar-refractivity contribution is 0.00258. The Hall–Kier alpha value is -1.35. The first-order valence-electron chi connectivity index (χ1n) is 13.3. The molecule has 6 rings (SSSR count). The maximum atomic E-state index is 13.8. The molecule has 1 amide bonds. The highest BCUT2D eigenvalue weighted by molar-refractivity contribution is 5.97. The van der Waals surface area contributed by atoms with Gasteiger partial charge in [0.15, 0.2) is 0 Å². The van der Waals surface area contributed by atoms with E-state index in [1.165, 1.54) is 4.90 Å². The molecule has 4 atom stereocenters. The number of hydrogen-bond donors (Lipinski definition) is 0. The van der Waals surface area contributed by atoms with Crippen LogP contribution in [0.1, 0.15) is 68.1 Å². The molecular formula is C19H24N2O. The molecule has 2 bridgehead atoms. The topological polar surface area (TPSA) is 23.6 Å². The molecule has 116 valence electrons. The Morgan fingerprint density at radius 3 is 3.18 bits per heavy atom. The summed E-state index contributed by atoms with van der Waals surface area (Å²) in [5.41, 5.74) is -0.495. The first kappa shape index (κ1) is 6.27. The van der Waals surface area contributed by atoms with Gasteiger partial charge in [-0.1, -0.05) is 12.1 Å². The summed E-state index contributed by atoms with van der Waals surface area (Å²) in [5, 5.41) is 0. The van der Waals surface area contributed by atoms with E-state index in [9.17, 15) is 4.79 Å². The lowest BCUT2D eigenvalue weighted by Gasteiger charge is -2.51. The second-order valence-corrected chi connectivity index (χ2v) is 6.28. The first-order valence-corrected chi connectivity index (χ1v) is 7.79. The van der Waals surface area contributed by atoms with Crippen molar-refractivity contribution in [1.29, 1.82) is 0 Å². The molecular weight excluding hydrogens is 272 g/mol. The quantitative estimate of drug-likeness (QED) is 0.796. The van der Waals surface area contributed by atoms with Crippen LogP contribution >= 0.6 is 0 Å². The Kier molecular flexibility index (Phi) is 1.37. The van der Waals surface area contributed by atoms with Crippen LogP contribution in [-0.4, -0.2) is 47.8 Å². The molecule has 0 spiro atoms. The smallest absolute Gasteiger partial charge is 0.254 e. The molecule has 3 nitrogen and oxygen atoms in total. The molecule has 0 aromatic heterocycles. The van der Waals surface area contributed by atoms with Gasteiger partial charge in [-0.3, -0.25) is 4.79 Å². The minimum Gasteiger partial charge on any atom is -0.333 e. The van der Waals surface area contributed by atoms with E-state index in [0.717, 1.165) is 4.90 Å². The molecule has 0 radical (unpaired) electrons. The number of carbonyl (C=O) groups is 1. The highest BCUT2D eigenvalue weighted by Gasteiger charge is 2.43. The number of rotatable bonds is 1. The molecule has 22 heavy (non-hydrogen) atoms. The Labute approximate surface area is 147 Å². The van der Waals surface area contributed by atoms with Crippen molar-refractivity contribution in [2.45, 2.75) is 44.0 Å². The average molecular weight is 307 g/mol. The normalized spacial score (nSPS) is 52.8. The van der Waals surface area contributed by atoms with Crippen LogP contribution in [0.15, 0.2) is 18.1 Å². The fourth-order valence-corrected chi connectivity index (χ4v) is 3.92. The van der Waals surface area contributed by atoms with E-state index in [1.54, 1.807) is 0 Å². The molecule has 4 heterocycles. The van der Waals surface area contributed by atoms with Crippen molar-refractivity contribution in [3.63, 3.8) is 0 Å². The number of piperidine rings is 3. The third-order valence-electron chi connectivity index (χ3n) is 5.05. The summed E-state index contributed by atoms with van der Waals surface area (Å²) in [6.45, 7) is -4.40. The minimum atomic E-state index is -2.36. The Balaban J connectivity index is 1.72. The minimum absolute atomic E-state index is 0.0110. The van der Waals surface area contributed by atoms with Gasteiger partial charge < -0.3 is 9.80 Å². The lowest BCUT2D eigenvalue weighted by Crippen LogP contribution is -2.60. The average Bonchev–Trinajstić information content (AvgIpc) is 2.69. The van der Waals surface area contributed by atoms with E-state index in [1.807, 2.05) is 0 Å². The van der Waals surface area contributed by atoms with Crippen LogP contribution in [0.4, 0.5) is 0 Å². The van der Waals surface area contributed by atoms with Crippen LogP contribution in [0.25, 0.3) is 0 Å². The fraction of sp³-hybridized carbons (Fsp3) is 0.632. The van der Waals surface area contributed by atoms with Gasteiger partial charge in [0.25, 0.3) is 5.91 Å². The largest absolute Gasteiger partial charge is 0.333 e. The van der Waals surface area contributed by atoms with E-state index in [-0.39, 0.29) is 49.0 Å². The van der Waals surface area contributed by atoms with Gasteiger partial charge in [0.2, 0.25) is 0 Å². The number of carbonyl (C=O) groups excluding carboxylic acids is 1. The summed E-state index contributed by atoms with van der Waals surface area (Å²) in [4.78, 5) is 16.0. The molecule has 3 heteroatoms. The van der Waals surface area contributed by atoms with Gasteiger partial charge in [-0.2, -0.15) is 0 Å². The van der Waals surface area contributed by atoms with Crippen molar-refractivity contribution in [1.82, 2.24) is 9.80 Å². The zero-order valence-corrected chi connectivity index (χ0v) is 12.1. The molecule has 1 aromatic rings. The third kappa shape index (κ3) is 1.81. The van der Waals surface area contributed by atoms with Crippen molar-refractivity contribution in [3.8, 4) is 0 Å². The predicted octanol–water partition coefficient (Wildman–Crippen LogP) is 2.66. The van der Waals surface area contributed by atoms with E-state index >= 15 is 0 Å². The summed E-state index contributed by atoms with van der Waals surface area (Å²) in [5.74, 6) is -2.91. The van der Waals surface area contributed by atoms with Crippen LogP contribution in [0.2, 0.25) is 0 Å².